The zero-order chi connectivity index (χ0) is 45.5. The van der Waals surface area contributed by atoms with Crippen molar-refractivity contribution in [3.8, 4) is 0 Å². The number of nitrogens with zero attached hydrogens (tertiary/aromatic N) is 2. The molecule has 0 saturated heterocycles. The van der Waals surface area contributed by atoms with Crippen molar-refractivity contribution >= 4 is 41.5 Å². The highest BCUT2D eigenvalue weighted by molar-refractivity contribution is 7.98. The molecule has 1 aromatic heterocycles. The number of nitrogens with one attached hydrogen (secondary N) is 3. The average molecular weight is 866 g/mol. The largest absolute Gasteiger partial charge is 0.480 e. The van der Waals surface area contributed by atoms with Gasteiger partial charge in [0.2, 0.25) is 11.8 Å². The normalized spacial score (nSPS) is 14.4. The van der Waals surface area contributed by atoms with E-state index in [9.17, 15) is 34.2 Å². The van der Waals surface area contributed by atoms with Crippen LogP contribution in [0.15, 0.2) is 71.5 Å². The Kier molecular flexibility index (Phi) is 23.5. The molecule has 0 saturated carbocycles. The van der Waals surface area contributed by atoms with Gasteiger partial charge >= 0.3 is 17.9 Å². The minimum absolute atomic E-state index is 0.0245. The molecular weight excluding hydrogens is 795 g/mol. The second-order valence-electron chi connectivity index (χ2n) is 16.4. The SMILES string of the molecule is CCOC(=O)C(C/C=C(\C)CC/C=C(\C)CCC=C(C)C)(CCCc1ncc(CN[C@H](C(=O)N[C@@H](Cc2ccccc2)C(=O)N[C@@H](CCSC)C(=O)O)C(C)C)n1C)C(=O)O. The lowest BCUT2D eigenvalue weighted by Crippen LogP contribution is -2.56. The lowest BCUT2D eigenvalue weighted by molar-refractivity contribution is -0.169. The first-order chi connectivity index (χ1) is 28.9. The lowest BCUT2D eigenvalue weighted by Gasteiger charge is -2.26. The minimum atomic E-state index is -1.74. The fraction of sp³-hybridized carbons (Fsp3) is 0.574. The number of ether oxygens (including phenoxy) is 1. The molecule has 2 rings (SSSR count). The molecule has 5 N–H and O–H groups in total. The molecule has 13 nitrogen and oxygen atoms in total. The zero-order valence-corrected chi connectivity index (χ0v) is 38.7. The number of imidazole rings is 1. The fourth-order valence-electron chi connectivity index (χ4n) is 6.89. The maximum atomic E-state index is 13.8. The number of amides is 2. The van der Waals surface area contributed by atoms with Gasteiger partial charge in [-0.3, -0.25) is 24.5 Å². The summed E-state index contributed by atoms with van der Waals surface area (Å²) < 4.78 is 7.22. The van der Waals surface area contributed by atoms with Crippen molar-refractivity contribution in [2.24, 2.45) is 18.4 Å². The van der Waals surface area contributed by atoms with Crippen molar-refractivity contribution < 1.29 is 38.9 Å². The molecule has 0 aliphatic heterocycles. The molecule has 1 heterocycles. The number of carbonyl (C=O) groups excluding carboxylic acids is 3. The van der Waals surface area contributed by atoms with Crippen LogP contribution in [0.1, 0.15) is 117 Å². The Hall–Kier alpha value is -4.69. The lowest BCUT2D eigenvalue weighted by atomic mass is 9.78. The third-order valence-corrected chi connectivity index (χ3v) is 11.4. The zero-order valence-electron chi connectivity index (χ0n) is 37.8. The van der Waals surface area contributed by atoms with E-state index in [0.717, 1.165) is 42.5 Å². The highest BCUT2D eigenvalue weighted by Gasteiger charge is 2.46. The van der Waals surface area contributed by atoms with Gasteiger partial charge in [0.25, 0.3) is 0 Å². The average Bonchev–Trinajstić information content (AvgIpc) is 3.55. The van der Waals surface area contributed by atoms with Crippen LogP contribution in [0.5, 0.6) is 0 Å². The monoisotopic (exact) mass is 866 g/mol. The summed E-state index contributed by atoms with van der Waals surface area (Å²) in [5.41, 5.74) is 3.49. The summed E-state index contributed by atoms with van der Waals surface area (Å²) in [7, 11) is 1.85. The molecule has 0 bridgehead atoms. The molecule has 0 fully saturated rings. The summed E-state index contributed by atoms with van der Waals surface area (Å²) >= 11 is 1.48. The second kappa shape index (κ2) is 27.3. The molecule has 0 aliphatic carbocycles. The standard InChI is InChI=1S/C47H71N5O8S/c1-10-60-46(59)47(45(57)58,27-24-35(7)20-15-19-34(6)18-14-17-32(2)3)26-16-23-40-48-30-37(52(40)8)31-49-41(33(4)5)43(54)51-39(29-36-21-12-11-13-22-36)42(53)50-38(44(55)56)25-28-61-9/h11-13,17,19,21-22,24,30,33,38-39,41,49H,10,14-16,18,20,23,25-29,31H2,1-9H3,(H,50,53)(H,51,54)(H,55,56)(H,57,58)/b34-19+,35-24+/t38-,39-,41-,47?/m0/s1. The molecule has 2 amide bonds. The third kappa shape index (κ3) is 18.1. The van der Waals surface area contributed by atoms with Crippen molar-refractivity contribution in [1.82, 2.24) is 25.5 Å². The molecule has 0 spiro atoms. The van der Waals surface area contributed by atoms with Gasteiger partial charge in [0.15, 0.2) is 5.41 Å². The van der Waals surface area contributed by atoms with Crippen molar-refractivity contribution in [3.05, 3.63) is 88.6 Å². The topological polar surface area (TPSA) is 189 Å². The fourth-order valence-corrected chi connectivity index (χ4v) is 7.36. The Labute approximate surface area is 367 Å². The number of hydrogen-bond donors (Lipinski definition) is 5. The number of aliphatic carboxylic acids is 2. The number of aryl methyl sites for hydroxylation is 1. The number of carbonyl (C=O) groups is 5. The molecular formula is C47H71N5O8S. The van der Waals surface area contributed by atoms with E-state index >= 15 is 0 Å². The molecule has 0 aliphatic rings. The number of benzene rings is 1. The number of aromatic nitrogens is 2. The summed E-state index contributed by atoms with van der Waals surface area (Å²) in [5, 5.41) is 29.0. The Morgan fingerprint density at radius 1 is 0.918 bits per heavy atom. The predicted octanol–water partition coefficient (Wildman–Crippen LogP) is 7.35. The molecule has 0 radical (unpaired) electrons. The van der Waals surface area contributed by atoms with Gasteiger partial charge in [0.05, 0.1) is 18.3 Å². The summed E-state index contributed by atoms with van der Waals surface area (Å²) in [6.07, 6.45) is 14.7. The molecule has 1 aromatic carbocycles. The molecule has 1 unspecified atom stereocenters. The van der Waals surface area contributed by atoms with Gasteiger partial charge in [-0.05, 0) is 109 Å². The summed E-state index contributed by atoms with van der Waals surface area (Å²) in [6, 6.07) is 6.41. The highest BCUT2D eigenvalue weighted by Crippen LogP contribution is 2.33. The number of carboxylic acids is 2. The van der Waals surface area contributed by atoms with E-state index < -0.39 is 53.3 Å². The maximum Gasteiger partial charge on any atom is 0.326 e. The minimum Gasteiger partial charge on any atom is -0.480 e. The van der Waals surface area contributed by atoms with Crippen LogP contribution in [0, 0.1) is 11.3 Å². The smallest absolute Gasteiger partial charge is 0.326 e. The van der Waals surface area contributed by atoms with Gasteiger partial charge in [0.1, 0.15) is 17.9 Å². The van der Waals surface area contributed by atoms with Gasteiger partial charge < -0.3 is 30.2 Å². The van der Waals surface area contributed by atoms with Gasteiger partial charge in [-0.25, -0.2) is 9.78 Å². The number of hydrogen-bond acceptors (Lipinski definition) is 9. The second-order valence-corrected chi connectivity index (χ2v) is 17.4. The molecule has 14 heteroatoms. The van der Waals surface area contributed by atoms with Crippen molar-refractivity contribution in [3.63, 3.8) is 0 Å². The number of thioether (sulfide) groups is 1. The molecule has 4 atom stereocenters. The van der Waals surface area contributed by atoms with Gasteiger partial charge in [-0.15, -0.1) is 0 Å². The first kappa shape index (κ1) is 52.4. The van der Waals surface area contributed by atoms with Crippen LogP contribution in [0.2, 0.25) is 0 Å². The first-order valence-electron chi connectivity index (χ1n) is 21.4. The van der Waals surface area contributed by atoms with Gasteiger partial charge in [-0.2, -0.15) is 11.8 Å². The summed E-state index contributed by atoms with van der Waals surface area (Å²) in [6.45, 7) is 14.1. The van der Waals surface area contributed by atoms with Crippen LogP contribution in [-0.4, -0.2) is 86.2 Å². The van der Waals surface area contributed by atoms with E-state index in [1.165, 1.54) is 22.9 Å². The Bertz CT molecular complexity index is 1820. The van der Waals surface area contributed by atoms with E-state index in [0.29, 0.717) is 24.4 Å². The third-order valence-electron chi connectivity index (χ3n) is 10.8. The van der Waals surface area contributed by atoms with Crippen molar-refractivity contribution in [2.45, 2.75) is 137 Å². The number of carboxylic acid groups (broad SMARTS) is 2. The van der Waals surface area contributed by atoms with Crippen LogP contribution in [-0.2, 0) is 55.1 Å². The molecule has 61 heavy (non-hydrogen) atoms. The highest BCUT2D eigenvalue weighted by atomic mass is 32.2. The Morgan fingerprint density at radius 2 is 1.56 bits per heavy atom. The van der Waals surface area contributed by atoms with Crippen LogP contribution in [0.3, 0.4) is 0 Å². The quantitative estimate of drug-likeness (QED) is 0.0313. The molecule has 2 aromatic rings. The van der Waals surface area contributed by atoms with Crippen LogP contribution >= 0.6 is 11.8 Å². The molecule has 338 valence electrons. The van der Waals surface area contributed by atoms with Crippen LogP contribution < -0.4 is 16.0 Å². The predicted molar refractivity (Wildman–Crippen MR) is 243 cm³/mol. The summed E-state index contributed by atoms with van der Waals surface area (Å²) in [5.74, 6) is -3.01. The van der Waals surface area contributed by atoms with Gasteiger partial charge in [0, 0.05) is 32.6 Å². The Balaban J connectivity index is 2.16. The van der Waals surface area contributed by atoms with E-state index in [1.807, 2.05) is 75.0 Å². The van der Waals surface area contributed by atoms with E-state index in [4.69, 9.17) is 4.74 Å². The number of allylic oxidation sites excluding steroid dienone is 6. The van der Waals surface area contributed by atoms with E-state index in [-0.39, 0.29) is 44.8 Å². The van der Waals surface area contributed by atoms with E-state index in [2.05, 4.69) is 53.9 Å². The Morgan fingerprint density at radius 3 is 2.15 bits per heavy atom. The van der Waals surface area contributed by atoms with Gasteiger partial charge in [-0.1, -0.05) is 79.1 Å². The van der Waals surface area contributed by atoms with Crippen LogP contribution in [0.4, 0.5) is 0 Å². The number of esters is 1. The van der Waals surface area contributed by atoms with Crippen molar-refractivity contribution in [1.29, 1.82) is 0 Å². The maximum absolute atomic E-state index is 13.8. The van der Waals surface area contributed by atoms with E-state index in [1.54, 1.807) is 13.1 Å². The first-order valence-corrected chi connectivity index (χ1v) is 22.8. The summed E-state index contributed by atoms with van der Waals surface area (Å²) in [4.78, 5) is 70.0. The van der Waals surface area contributed by atoms with Crippen molar-refractivity contribution in [2.75, 3.05) is 18.6 Å². The van der Waals surface area contributed by atoms with Crippen LogP contribution in [0.25, 0.3) is 0 Å². The number of rotatable bonds is 29.